The Balaban J connectivity index is 2.20. The van der Waals surface area contributed by atoms with E-state index in [9.17, 15) is 4.79 Å². The Morgan fingerprint density at radius 3 is 2.48 bits per heavy atom. The molecular formula is C17H31NO2S. The Morgan fingerprint density at radius 2 is 1.90 bits per heavy atom. The number of esters is 1. The van der Waals surface area contributed by atoms with Crippen LogP contribution < -0.4 is 5.32 Å². The van der Waals surface area contributed by atoms with Crippen molar-refractivity contribution in [1.82, 2.24) is 5.32 Å². The average molecular weight is 314 g/mol. The fraction of sp³-hybridized carbons (Fsp3) is 0.941. The molecule has 1 aliphatic carbocycles. The summed E-state index contributed by atoms with van der Waals surface area (Å²) in [6.45, 7) is 6.83. The first-order valence-corrected chi connectivity index (χ1v) is 9.70. The lowest BCUT2D eigenvalue weighted by molar-refractivity contribution is -0.156. The quantitative estimate of drug-likeness (QED) is 0.633. The van der Waals surface area contributed by atoms with Crippen molar-refractivity contribution in [1.29, 1.82) is 0 Å². The number of nitrogens with one attached hydrogen (secondary N) is 1. The highest BCUT2D eigenvalue weighted by molar-refractivity contribution is 7.99. The van der Waals surface area contributed by atoms with E-state index in [-0.39, 0.29) is 11.4 Å². The van der Waals surface area contributed by atoms with Crippen molar-refractivity contribution in [2.75, 3.05) is 18.1 Å². The van der Waals surface area contributed by atoms with Gasteiger partial charge < -0.3 is 4.74 Å². The molecule has 0 aromatic heterocycles. The number of hydrogen-bond donors (Lipinski definition) is 1. The van der Waals surface area contributed by atoms with Crippen LogP contribution in [0.3, 0.4) is 0 Å². The zero-order valence-corrected chi connectivity index (χ0v) is 14.7. The minimum Gasteiger partial charge on any atom is -0.465 e. The molecule has 122 valence electrons. The molecule has 21 heavy (non-hydrogen) atoms. The highest BCUT2D eigenvalue weighted by atomic mass is 32.2. The molecule has 1 saturated heterocycles. The van der Waals surface area contributed by atoms with E-state index in [1.807, 2.05) is 18.7 Å². The molecule has 0 bridgehead atoms. The van der Waals surface area contributed by atoms with Crippen LogP contribution in [0.4, 0.5) is 0 Å². The van der Waals surface area contributed by atoms with Crippen molar-refractivity contribution in [2.45, 2.75) is 77.3 Å². The highest BCUT2D eigenvalue weighted by Crippen LogP contribution is 2.44. The van der Waals surface area contributed by atoms with E-state index in [4.69, 9.17) is 4.74 Å². The van der Waals surface area contributed by atoms with E-state index >= 15 is 0 Å². The van der Waals surface area contributed by atoms with Crippen LogP contribution in [0.1, 0.15) is 65.7 Å². The summed E-state index contributed by atoms with van der Waals surface area (Å²) >= 11 is 1.89. The molecule has 2 rings (SSSR count). The van der Waals surface area contributed by atoms with Gasteiger partial charge in [-0.3, -0.25) is 5.32 Å². The number of rotatable bonds is 4. The molecule has 2 fully saturated rings. The molecule has 1 atom stereocenters. The summed E-state index contributed by atoms with van der Waals surface area (Å²) in [4.78, 5) is 12.8. The fourth-order valence-electron chi connectivity index (χ4n) is 3.62. The van der Waals surface area contributed by atoms with Gasteiger partial charge in [0.25, 0.3) is 0 Å². The first kappa shape index (κ1) is 17.1. The molecule has 2 aliphatic rings. The van der Waals surface area contributed by atoms with Crippen LogP contribution in [0.2, 0.25) is 0 Å². The number of carbonyl (C=O) groups excluding carboxylic acids is 1. The Morgan fingerprint density at radius 1 is 1.24 bits per heavy atom. The van der Waals surface area contributed by atoms with Crippen LogP contribution in [0, 0.1) is 5.41 Å². The fourth-order valence-corrected chi connectivity index (χ4v) is 5.32. The molecule has 1 saturated carbocycles. The lowest BCUT2D eigenvalue weighted by Gasteiger charge is -2.49. The van der Waals surface area contributed by atoms with Gasteiger partial charge in [-0.15, -0.1) is 0 Å². The Labute approximate surface area is 134 Å². The topological polar surface area (TPSA) is 38.3 Å². The summed E-state index contributed by atoms with van der Waals surface area (Å²) in [5.41, 5.74) is -0.558. The standard InChI is InChI=1S/C17H31NO2S/c1-4-20-15(19)17(13-21-12-11-16(17,2)3)18-14-9-7-5-6-8-10-14/h14,18H,4-13H2,1-3H3. The summed E-state index contributed by atoms with van der Waals surface area (Å²) in [6, 6.07) is 0.467. The largest absolute Gasteiger partial charge is 0.465 e. The van der Waals surface area contributed by atoms with Crippen molar-refractivity contribution >= 4 is 17.7 Å². The maximum atomic E-state index is 12.8. The molecule has 1 aliphatic heterocycles. The molecule has 0 radical (unpaired) electrons. The Bertz CT molecular complexity index is 351. The van der Waals surface area contributed by atoms with E-state index in [1.54, 1.807) is 0 Å². The molecule has 0 spiro atoms. The molecule has 1 N–H and O–H groups in total. The maximum Gasteiger partial charge on any atom is 0.327 e. The van der Waals surface area contributed by atoms with Crippen LogP contribution in [-0.4, -0.2) is 35.7 Å². The first-order valence-electron chi connectivity index (χ1n) is 8.54. The van der Waals surface area contributed by atoms with Gasteiger partial charge in [0, 0.05) is 11.8 Å². The summed E-state index contributed by atoms with van der Waals surface area (Å²) in [5, 5.41) is 3.79. The van der Waals surface area contributed by atoms with Crippen molar-refractivity contribution in [3.05, 3.63) is 0 Å². The number of hydrogen-bond acceptors (Lipinski definition) is 4. The van der Waals surface area contributed by atoms with E-state index in [0.29, 0.717) is 12.6 Å². The number of thioether (sulfide) groups is 1. The van der Waals surface area contributed by atoms with Crippen LogP contribution in [0.5, 0.6) is 0 Å². The van der Waals surface area contributed by atoms with Gasteiger partial charge in [0.15, 0.2) is 0 Å². The second-order valence-corrected chi connectivity index (χ2v) is 8.25. The molecule has 0 aromatic rings. The maximum absolute atomic E-state index is 12.8. The predicted octanol–water partition coefficient (Wildman–Crippen LogP) is 3.76. The Kier molecular flexibility index (Phi) is 6.01. The highest BCUT2D eigenvalue weighted by Gasteiger charge is 2.54. The minimum atomic E-state index is -0.513. The third-order valence-corrected chi connectivity index (χ3v) is 6.40. The summed E-state index contributed by atoms with van der Waals surface area (Å²) < 4.78 is 5.48. The van der Waals surface area contributed by atoms with Gasteiger partial charge in [-0.1, -0.05) is 39.5 Å². The van der Waals surface area contributed by atoms with Gasteiger partial charge in [0.2, 0.25) is 0 Å². The molecular weight excluding hydrogens is 282 g/mol. The summed E-state index contributed by atoms with van der Waals surface area (Å²) in [5.74, 6) is 1.95. The third-order valence-electron chi connectivity index (χ3n) is 5.27. The zero-order valence-electron chi connectivity index (χ0n) is 13.9. The van der Waals surface area contributed by atoms with E-state index < -0.39 is 5.54 Å². The molecule has 1 unspecified atom stereocenters. The first-order chi connectivity index (χ1) is 10.0. The SMILES string of the molecule is CCOC(=O)C1(NC2CCCCCC2)CSCCC1(C)C. The number of carbonyl (C=O) groups is 1. The summed E-state index contributed by atoms with van der Waals surface area (Å²) in [7, 11) is 0. The lowest BCUT2D eigenvalue weighted by Crippen LogP contribution is -2.67. The van der Waals surface area contributed by atoms with Crippen molar-refractivity contribution in [2.24, 2.45) is 5.41 Å². The van der Waals surface area contributed by atoms with Gasteiger partial charge in [0.1, 0.15) is 5.54 Å². The molecule has 4 heteroatoms. The van der Waals surface area contributed by atoms with Crippen molar-refractivity contribution in [3.63, 3.8) is 0 Å². The second kappa shape index (κ2) is 7.36. The van der Waals surface area contributed by atoms with Gasteiger partial charge in [0.05, 0.1) is 6.61 Å². The molecule has 0 amide bonds. The normalized spacial score (nSPS) is 30.6. The van der Waals surface area contributed by atoms with Gasteiger partial charge >= 0.3 is 5.97 Å². The monoisotopic (exact) mass is 313 g/mol. The van der Waals surface area contributed by atoms with Crippen LogP contribution in [0.15, 0.2) is 0 Å². The van der Waals surface area contributed by atoms with E-state index in [0.717, 1.165) is 17.9 Å². The molecule has 3 nitrogen and oxygen atoms in total. The van der Waals surface area contributed by atoms with Gasteiger partial charge in [-0.05, 0) is 37.4 Å². The second-order valence-electron chi connectivity index (χ2n) is 7.15. The van der Waals surface area contributed by atoms with Crippen molar-refractivity contribution in [3.8, 4) is 0 Å². The van der Waals surface area contributed by atoms with Gasteiger partial charge in [-0.2, -0.15) is 11.8 Å². The molecule has 0 aromatic carbocycles. The average Bonchev–Trinajstić information content (AvgIpc) is 2.70. The lowest BCUT2D eigenvalue weighted by atomic mass is 9.70. The minimum absolute atomic E-state index is 0.0357. The van der Waals surface area contributed by atoms with Gasteiger partial charge in [-0.25, -0.2) is 4.79 Å². The smallest absolute Gasteiger partial charge is 0.327 e. The molecule has 1 heterocycles. The van der Waals surface area contributed by atoms with E-state index in [1.165, 1.54) is 38.5 Å². The third kappa shape index (κ3) is 3.76. The van der Waals surface area contributed by atoms with Crippen LogP contribution in [-0.2, 0) is 9.53 Å². The van der Waals surface area contributed by atoms with E-state index in [2.05, 4.69) is 19.2 Å². The predicted molar refractivity (Wildman–Crippen MR) is 89.7 cm³/mol. The van der Waals surface area contributed by atoms with Crippen molar-refractivity contribution < 1.29 is 9.53 Å². The Hall–Kier alpha value is -0.220. The number of ether oxygens (including phenoxy) is 1. The zero-order chi connectivity index (χ0) is 15.3. The van der Waals surface area contributed by atoms with Crippen LogP contribution >= 0.6 is 11.8 Å². The summed E-state index contributed by atoms with van der Waals surface area (Å²) in [6.07, 6.45) is 8.69. The van der Waals surface area contributed by atoms with Crippen LogP contribution in [0.25, 0.3) is 0 Å².